The second kappa shape index (κ2) is 8.19. The highest BCUT2D eigenvalue weighted by atomic mass is 32.1. The number of anilines is 1. The average molecular weight is 441 g/mol. The van der Waals surface area contributed by atoms with Crippen molar-refractivity contribution in [1.82, 2.24) is 20.6 Å². The van der Waals surface area contributed by atoms with E-state index in [0.717, 1.165) is 5.56 Å². The lowest BCUT2D eigenvalue weighted by atomic mass is 10.0. The Morgan fingerprint density at radius 1 is 1.32 bits per heavy atom. The summed E-state index contributed by atoms with van der Waals surface area (Å²) in [5.74, 6) is -1.09. The van der Waals surface area contributed by atoms with Gasteiger partial charge in [0.2, 0.25) is 11.7 Å². The van der Waals surface area contributed by atoms with Gasteiger partial charge in [-0.1, -0.05) is 6.07 Å². The standard InChI is InChI=1S/C20H19N5O5S/c1-9(17(27)21-2)11-8-31-20-15(11)18(28)24-16(25-20)19(29)22-6-10-3-4-13-12(5-10)23-14(26)7-30-13/h3-5,8-9H,6-7H2,1-2H3,(H,21,27)(H,22,29)(H,23,26)(H,24,25,28). The van der Waals surface area contributed by atoms with Gasteiger partial charge in [-0.25, -0.2) is 4.98 Å². The van der Waals surface area contributed by atoms with Gasteiger partial charge in [0, 0.05) is 13.6 Å². The minimum absolute atomic E-state index is 0.0308. The number of H-pyrrole nitrogens is 1. The van der Waals surface area contributed by atoms with Gasteiger partial charge in [-0.3, -0.25) is 19.2 Å². The van der Waals surface area contributed by atoms with E-state index >= 15 is 0 Å². The molecule has 3 aromatic rings. The fourth-order valence-electron chi connectivity index (χ4n) is 3.26. The predicted octanol–water partition coefficient (Wildman–Crippen LogP) is 1.09. The molecule has 0 saturated heterocycles. The molecule has 0 radical (unpaired) electrons. The largest absolute Gasteiger partial charge is 0.482 e. The molecule has 0 bridgehead atoms. The van der Waals surface area contributed by atoms with Crippen LogP contribution in [0, 0.1) is 0 Å². The minimum Gasteiger partial charge on any atom is -0.482 e. The summed E-state index contributed by atoms with van der Waals surface area (Å²) in [5, 5.41) is 9.98. The van der Waals surface area contributed by atoms with E-state index in [2.05, 4.69) is 25.9 Å². The quantitative estimate of drug-likeness (QED) is 0.467. The first-order valence-electron chi connectivity index (χ1n) is 9.44. The average Bonchev–Trinajstić information content (AvgIpc) is 3.20. The van der Waals surface area contributed by atoms with Crippen LogP contribution in [-0.4, -0.2) is 41.3 Å². The van der Waals surface area contributed by atoms with E-state index in [-0.39, 0.29) is 30.8 Å². The Hall–Kier alpha value is -3.73. The Bertz CT molecular complexity index is 1260. The van der Waals surface area contributed by atoms with Gasteiger partial charge in [0.05, 0.1) is 17.0 Å². The molecule has 1 atom stereocenters. The summed E-state index contributed by atoms with van der Waals surface area (Å²) in [4.78, 5) is 55.7. The van der Waals surface area contributed by atoms with Crippen LogP contribution in [0.1, 0.15) is 34.6 Å². The number of aromatic amines is 1. The Morgan fingerprint density at radius 3 is 2.90 bits per heavy atom. The maximum atomic E-state index is 12.6. The molecule has 1 aliphatic heterocycles. The Kier molecular flexibility index (Phi) is 5.42. The molecule has 4 N–H and O–H groups in total. The molecule has 0 saturated carbocycles. The van der Waals surface area contributed by atoms with Gasteiger partial charge < -0.3 is 25.7 Å². The Balaban J connectivity index is 1.52. The van der Waals surface area contributed by atoms with Crippen LogP contribution in [0.4, 0.5) is 5.69 Å². The Morgan fingerprint density at radius 2 is 2.13 bits per heavy atom. The summed E-state index contributed by atoms with van der Waals surface area (Å²) < 4.78 is 5.31. The first kappa shape index (κ1) is 20.5. The first-order valence-corrected chi connectivity index (χ1v) is 10.3. The third-order valence-electron chi connectivity index (χ3n) is 4.92. The maximum absolute atomic E-state index is 12.6. The minimum atomic E-state index is -0.550. The van der Waals surface area contributed by atoms with Crippen LogP contribution in [0.2, 0.25) is 0 Å². The molecule has 1 aliphatic rings. The second-order valence-electron chi connectivity index (χ2n) is 6.97. The molecule has 2 aromatic heterocycles. The van der Waals surface area contributed by atoms with Crippen molar-refractivity contribution in [2.45, 2.75) is 19.4 Å². The van der Waals surface area contributed by atoms with Crippen LogP contribution in [0.5, 0.6) is 5.75 Å². The van der Waals surface area contributed by atoms with Crippen molar-refractivity contribution in [3.8, 4) is 5.75 Å². The highest BCUT2D eigenvalue weighted by molar-refractivity contribution is 7.16. The number of thiophene rings is 1. The van der Waals surface area contributed by atoms with Crippen LogP contribution >= 0.6 is 11.3 Å². The van der Waals surface area contributed by atoms with Gasteiger partial charge in [0.15, 0.2) is 6.61 Å². The normalized spacial score (nSPS) is 13.7. The molecule has 3 heterocycles. The fraction of sp³-hybridized carbons (Fsp3) is 0.250. The molecule has 1 unspecified atom stereocenters. The molecule has 0 fully saturated rings. The van der Waals surface area contributed by atoms with E-state index in [1.54, 1.807) is 30.5 Å². The van der Waals surface area contributed by atoms with Gasteiger partial charge in [-0.05, 0) is 35.6 Å². The number of nitrogens with zero attached hydrogens (tertiary/aromatic N) is 1. The zero-order valence-corrected chi connectivity index (χ0v) is 17.5. The molecule has 3 amide bonds. The number of ether oxygens (including phenoxy) is 1. The van der Waals surface area contributed by atoms with Crippen molar-refractivity contribution in [1.29, 1.82) is 0 Å². The summed E-state index contributed by atoms with van der Waals surface area (Å²) in [6.07, 6.45) is 0. The van der Waals surface area contributed by atoms with Gasteiger partial charge >= 0.3 is 0 Å². The van der Waals surface area contributed by atoms with E-state index in [1.165, 1.54) is 18.4 Å². The molecule has 4 rings (SSSR count). The zero-order chi connectivity index (χ0) is 22.1. The topological polar surface area (TPSA) is 142 Å². The molecular formula is C20H19N5O5S. The number of aromatic nitrogens is 2. The SMILES string of the molecule is CNC(=O)C(C)c1csc2nc(C(=O)NCc3ccc4c(c3)NC(=O)CO4)[nH]c(=O)c12. The van der Waals surface area contributed by atoms with E-state index < -0.39 is 17.4 Å². The van der Waals surface area contributed by atoms with Crippen molar-refractivity contribution in [2.24, 2.45) is 0 Å². The summed E-state index contributed by atoms with van der Waals surface area (Å²) >= 11 is 1.20. The van der Waals surface area contributed by atoms with Crippen LogP contribution in [-0.2, 0) is 16.1 Å². The highest BCUT2D eigenvalue weighted by Gasteiger charge is 2.22. The summed E-state index contributed by atoms with van der Waals surface area (Å²) in [6.45, 7) is 1.83. The molecule has 31 heavy (non-hydrogen) atoms. The molecular weight excluding hydrogens is 422 g/mol. The van der Waals surface area contributed by atoms with Gasteiger partial charge in [0.1, 0.15) is 10.6 Å². The van der Waals surface area contributed by atoms with Crippen molar-refractivity contribution < 1.29 is 19.1 Å². The van der Waals surface area contributed by atoms with E-state index in [0.29, 0.717) is 27.2 Å². The molecule has 160 valence electrons. The molecule has 1 aromatic carbocycles. The lowest BCUT2D eigenvalue weighted by Gasteiger charge is -2.18. The lowest BCUT2D eigenvalue weighted by Crippen LogP contribution is -2.28. The maximum Gasteiger partial charge on any atom is 0.287 e. The van der Waals surface area contributed by atoms with Crippen molar-refractivity contribution in [3.05, 3.63) is 50.9 Å². The monoisotopic (exact) mass is 441 g/mol. The number of carbonyl (C=O) groups excluding carboxylic acids is 3. The lowest BCUT2D eigenvalue weighted by molar-refractivity contribution is -0.121. The van der Waals surface area contributed by atoms with Crippen molar-refractivity contribution in [3.63, 3.8) is 0 Å². The number of hydrogen-bond acceptors (Lipinski definition) is 7. The number of rotatable bonds is 5. The number of benzene rings is 1. The molecule has 10 nitrogen and oxygen atoms in total. The zero-order valence-electron chi connectivity index (χ0n) is 16.7. The van der Waals surface area contributed by atoms with Crippen molar-refractivity contribution >= 4 is 45.0 Å². The van der Waals surface area contributed by atoms with Crippen LogP contribution in [0.15, 0.2) is 28.4 Å². The predicted molar refractivity (Wildman–Crippen MR) is 114 cm³/mol. The molecule has 11 heteroatoms. The van der Waals surface area contributed by atoms with Crippen LogP contribution in [0.3, 0.4) is 0 Å². The molecule has 0 aliphatic carbocycles. The fourth-order valence-corrected chi connectivity index (χ4v) is 4.29. The highest BCUT2D eigenvalue weighted by Crippen LogP contribution is 2.29. The van der Waals surface area contributed by atoms with Gasteiger partial charge in [-0.15, -0.1) is 11.3 Å². The van der Waals surface area contributed by atoms with E-state index in [4.69, 9.17) is 4.74 Å². The third-order valence-corrected chi connectivity index (χ3v) is 5.81. The summed E-state index contributed by atoms with van der Waals surface area (Å²) in [6, 6.07) is 5.18. The smallest absolute Gasteiger partial charge is 0.287 e. The van der Waals surface area contributed by atoms with Crippen LogP contribution < -0.4 is 26.2 Å². The number of carbonyl (C=O) groups is 3. The number of amides is 3. The number of likely N-dealkylation sites (N-methyl/N-ethyl adjacent to an activating group) is 1. The summed E-state index contributed by atoms with van der Waals surface area (Å²) in [7, 11) is 1.53. The number of nitrogens with one attached hydrogen (secondary N) is 4. The van der Waals surface area contributed by atoms with E-state index in [1.807, 2.05) is 0 Å². The van der Waals surface area contributed by atoms with Crippen molar-refractivity contribution in [2.75, 3.05) is 19.0 Å². The van der Waals surface area contributed by atoms with Gasteiger partial charge in [-0.2, -0.15) is 0 Å². The first-order chi connectivity index (χ1) is 14.9. The van der Waals surface area contributed by atoms with Gasteiger partial charge in [0.25, 0.3) is 17.4 Å². The number of hydrogen-bond donors (Lipinski definition) is 4. The molecule has 0 spiro atoms. The Labute approximate surface area is 180 Å². The summed E-state index contributed by atoms with van der Waals surface area (Å²) in [5.41, 5.74) is 1.36. The second-order valence-corrected chi connectivity index (χ2v) is 7.83. The number of fused-ring (bicyclic) bond motifs is 2. The third kappa shape index (κ3) is 3.99. The van der Waals surface area contributed by atoms with Crippen LogP contribution in [0.25, 0.3) is 10.2 Å². The van der Waals surface area contributed by atoms with E-state index in [9.17, 15) is 19.2 Å².